The van der Waals surface area contributed by atoms with Crippen molar-refractivity contribution in [2.45, 2.75) is 50.4 Å². The van der Waals surface area contributed by atoms with Crippen molar-refractivity contribution in [2.24, 2.45) is 4.99 Å². The number of nitrogens with zero attached hydrogens (tertiary/aromatic N) is 4. The van der Waals surface area contributed by atoms with Gasteiger partial charge in [0.1, 0.15) is 11.9 Å². The molecule has 2 aromatic rings. The van der Waals surface area contributed by atoms with Crippen molar-refractivity contribution in [3.05, 3.63) is 47.3 Å². The van der Waals surface area contributed by atoms with Gasteiger partial charge in [0.15, 0.2) is 0 Å². The quantitative estimate of drug-likeness (QED) is 0.778. The molecule has 4 aliphatic rings. The number of anilines is 1. The van der Waals surface area contributed by atoms with Gasteiger partial charge in [0, 0.05) is 30.8 Å². The highest BCUT2D eigenvalue weighted by Gasteiger charge is 2.38. The van der Waals surface area contributed by atoms with E-state index in [0.29, 0.717) is 24.5 Å². The lowest BCUT2D eigenvalue weighted by Crippen LogP contribution is -2.46. The number of rotatable bonds is 4. The third-order valence-electron chi connectivity index (χ3n) is 6.62. The van der Waals surface area contributed by atoms with Crippen LogP contribution in [0.5, 0.6) is 5.88 Å². The van der Waals surface area contributed by atoms with Gasteiger partial charge in [0.2, 0.25) is 5.88 Å². The average Bonchev–Trinajstić information content (AvgIpc) is 3.33. The van der Waals surface area contributed by atoms with E-state index < -0.39 is 0 Å². The molecule has 2 aromatic heterocycles. The monoisotopic (exact) mass is 406 g/mol. The number of hydrogen-bond donors (Lipinski definition) is 0. The van der Waals surface area contributed by atoms with Gasteiger partial charge in [-0.05, 0) is 36.6 Å². The Balaban J connectivity index is 1.32. The Morgan fingerprint density at radius 3 is 2.57 bits per heavy atom. The lowest BCUT2D eigenvalue weighted by atomic mass is 10.0. The first-order valence-corrected chi connectivity index (χ1v) is 11.0. The Hall–Kier alpha value is -2.51. The van der Waals surface area contributed by atoms with E-state index in [1.54, 1.807) is 0 Å². The number of hydrogen-bond acceptors (Lipinski definition) is 7. The van der Waals surface area contributed by atoms with Crippen molar-refractivity contribution >= 4 is 11.5 Å². The molecule has 0 radical (unpaired) electrons. The SMILES string of the molecule is c1cc(C2=NCc3ccnc(OC4CCOCC4)c32)cc(N2C3CCC2COC3)n1. The second kappa shape index (κ2) is 7.63. The molecule has 3 fully saturated rings. The van der Waals surface area contributed by atoms with Crippen LogP contribution in [0.4, 0.5) is 5.82 Å². The number of ether oxygens (including phenoxy) is 3. The van der Waals surface area contributed by atoms with Crippen LogP contribution in [-0.2, 0) is 16.0 Å². The summed E-state index contributed by atoms with van der Waals surface area (Å²) < 4.78 is 17.5. The Bertz CT molecular complexity index is 957. The molecule has 3 saturated heterocycles. The maximum absolute atomic E-state index is 6.33. The standard InChI is InChI=1S/C23H26N4O3/c1-2-18-14-29-13-17(1)27(18)20-11-15(3-7-24-20)22-21-16(12-26-22)4-8-25-23(21)30-19-5-9-28-10-6-19/h3-4,7-8,11,17-19H,1-2,5-6,9-10,12-14H2. The predicted octanol–water partition coefficient (Wildman–Crippen LogP) is 2.75. The fourth-order valence-electron chi connectivity index (χ4n) is 5.09. The number of morpholine rings is 1. The van der Waals surface area contributed by atoms with Gasteiger partial charge in [-0.2, -0.15) is 0 Å². The van der Waals surface area contributed by atoms with Crippen molar-refractivity contribution in [3.8, 4) is 5.88 Å². The Labute approximate surface area is 176 Å². The van der Waals surface area contributed by atoms with Crippen LogP contribution in [-0.4, -0.2) is 60.3 Å². The molecule has 7 heteroatoms. The zero-order valence-electron chi connectivity index (χ0n) is 17.0. The molecule has 7 nitrogen and oxygen atoms in total. The summed E-state index contributed by atoms with van der Waals surface area (Å²) in [6, 6.07) is 7.13. The molecule has 6 rings (SSSR count). The largest absolute Gasteiger partial charge is 0.474 e. The maximum atomic E-state index is 6.33. The summed E-state index contributed by atoms with van der Waals surface area (Å²) in [7, 11) is 0. The molecule has 0 spiro atoms. The Morgan fingerprint density at radius 2 is 1.73 bits per heavy atom. The van der Waals surface area contributed by atoms with Crippen LogP contribution >= 0.6 is 0 Å². The summed E-state index contributed by atoms with van der Waals surface area (Å²) in [5, 5.41) is 0. The van der Waals surface area contributed by atoms with Crippen LogP contribution in [0, 0.1) is 0 Å². The molecule has 2 bridgehead atoms. The van der Waals surface area contributed by atoms with Crippen LogP contribution in [0.3, 0.4) is 0 Å². The molecule has 0 aliphatic carbocycles. The van der Waals surface area contributed by atoms with Crippen molar-refractivity contribution in [1.29, 1.82) is 0 Å². The number of pyridine rings is 2. The van der Waals surface area contributed by atoms with E-state index in [1.165, 1.54) is 18.4 Å². The zero-order chi connectivity index (χ0) is 19.9. The van der Waals surface area contributed by atoms with E-state index in [-0.39, 0.29) is 6.10 Å². The second-order valence-electron chi connectivity index (χ2n) is 8.48. The van der Waals surface area contributed by atoms with E-state index >= 15 is 0 Å². The zero-order valence-corrected chi connectivity index (χ0v) is 17.0. The van der Waals surface area contributed by atoms with Crippen LogP contribution in [0.1, 0.15) is 42.4 Å². The van der Waals surface area contributed by atoms with Crippen LogP contribution in [0.2, 0.25) is 0 Å². The molecule has 30 heavy (non-hydrogen) atoms. The summed E-state index contributed by atoms with van der Waals surface area (Å²) >= 11 is 0. The summed E-state index contributed by atoms with van der Waals surface area (Å²) in [6.45, 7) is 3.74. The average molecular weight is 406 g/mol. The van der Waals surface area contributed by atoms with Crippen molar-refractivity contribution in [1.82, 2.24) is 9.97 Å². The number of aromatic nitrogens is 2. The van der Waals surface area contributed by atoms with E-state index in [0.717, 1.165) is 61.9 Å². The fraction of sp³-hybridized carbons (Fsp3) is 0.522. The third-order valence-corrected chi connectivity index (χ3v) is 6.62. The van der Waals surface area contributed by atoms with Gasteiger partial charge in [-0.1, -0.05) is 0 Å². The lowest BCUT2D eigenvalue weighted by molar-refractivity contribution is 0.0236. The van der Waals surface area contributed by atoms with Crippen LogP contribution in [0.25, 0.3) is 0 Å². The summed E-state index contributed by atoms with van der Waals surface area (Å²) in [6.07, 6.45) is 8.02. The molecule has 6 heterocycles. The van der Waals surface area contributed by atoms with Gasteiger partial charge in [-0.25, -0.2) is 9.97 Å². The summed E-state index contributed by atoms with van der Waals surface area (Å²) in [5.41, 5.74) is 4.25. The number of aliphatic imine (C=N–C) groups is 1. The molecule has 156 valence electrons. The molecule has 0 aromatic carbocycles. The molecule has 4 aliphatic heterocycles. The van der Waals surface area contributed by atoms with Gasteiger partial charge in [-0.15, -0.1) is 0 Å². The topological polar surface area (TPSA) is 69.1 Å². The van der Waals surface area contributed by atoms with Crippen molar-refractivity contribution < 1.29 is 14.2 Å². The van der Waals surface area contributed by atoms with E-state index in [9.17, 15) is 0 Å². The normalized spacial score (nSPS) is 25.9. The number of fused-ring (bicyclic) bond motifs is 3. The first-order valence-electron chi connectivity index (χ1n) is 11.0. The van der Waals surface area contributed by atoms with E-state index in [2.05, 4.69) is 16.0 Å². The molecular weight excluding hydrogens is 380 g/mol. The molecule has 2 unspecified atom stereocenters. The Kier molecular flexibility index (Phi) is 4.65. The highest BCUT2D eigenvalue weighted by Crippen LogP contribution is 2.35. The molecule has 0 N–H and O–H groups in total. The lowest BCUT2D eigenvalue weighted by Gasteiger charge is -2.35. The van der Waals surface area contributed by atoms with Crippen molar-refractivity contribution in [2.75, 3.05) is 31.3 Å². The molecule has 0 amide bonds. The first-order chi connectivity index (χ1) is 14.9. The minimum atomic E-state index is 0.150. The molecule has 0 saturated carbocycles. The molecule has 2 atom stereocenters. The highest BCUT2D eigenvalue weighted by molar-refractivity contribution is 6.16. The minimum Gasteiger partial charge on any atom is -0.474 e. The van der Waals surface area contributed by atoms with Gasteiger partial charge >= 0.3 is 0 Å². The van der Waals surface area contributed by atoms with Gasteiger partial charge < -0.3 is 19.1 Å². The van der Waals surface area contributed by atoms with Gasteiger partial charge in [-0.3, -0.25) is 4.99 Å². The van der Waals surface area contributed by atoms with Crippen LogP contribution < -0.4 is 9.64 Å². The summed E-state index contributed by atoms with van der Waals surface area (Å²) in [5.74, 6) is 1.72. The highest BCUT2D eigenvalue weighted by atomic mass is 16.5. The van der Waals surface area contributed by atoms with Gasteiger partial charge in [0.05, 0.1) is 56.3 Å². The van der Waals surface area contributed by atoms with Crippen molar-refractivity contribution in [3.63, 3.8) is 0 Å². The first kappa shape index (κ1) is 18.3. The van der Waals surface area contributed by atoms with Crippen LogP contribution in [0.15, 0.2) is 35.6 Å². The molecular formula is C23H26N4O3. The predicted molar refractivity (Wildman–Crippen MR) is 112 cm³/mol. The van der Waals surface area contributed by atoms with E-state index in [1.807, 2.05) is 24.5 Å². The third kappa shape index (κ3) is 3.17. The Morgan fingerprint density at radius 1 is 0.933 bits per heavy atom. The van der Waals surface area contributed by atoms with E-state index in [4.69, 9.17) is 24.2 Å². The summed E-state index contributed by atoms with van der Waals surface area (Å²) in [4.78, 5) is 16.6. The fourth-order valence-corrected chi connectivity index (χ4v) is 5.09. The second-order valence-corrected chi connectivity index (χ2v) is 8.48. The van der Waals surface area contributed by atoms with Gasteiger partial charge in [0.25, 0.3) is 0 Å². The maximum Gasteiger partial charge on any atom is 0.223 e. The minimum absolute atomic E-state index is 0.150. The smallest absolute Gasteiger partial charge is 0.223 e.